The molecule has 1 aliphatic heterocycles. The van der Waals surface area contributed by atoms with Crippen LogP contribution in [0.1, 0.15) is 28.3 Å². The third kappa shape index (κ3) is 3.92. The topological polar surface area (TPSA) is 83.8 Å². The molecule has 3 aromatic rings. The highest BCUT2D eigenvalue weighted by molar-refractivity contribution is 6.46. The van der Waals surface area contributed by atoms with Gasteiger partial charge in [-0.05, 0) is 36.2 Å². The quantitative estimate of drug-likeness (QED) is 0.364. The smallest absolute Gasteiger partial charge is 0.295 e. The Morgan fingerprint density at radius 2 is 1.77 bits per heavy atom. The van der Waals surface area contributed by atoms with E-state index in [0.29, 0.717) is 16.9 Å². The second-order valence-corrected chi connectivity index (χ2v) is 7.46. The minimum absolute atomic E-state index is 0.0288. The second-order valence-electron chi connectivity index (χ2n) is 7.46. The number of likely N-dealkylation sites (tertiary alicyclic amines) is 1. The number of Topliss-reactive ketones (excluding diaryl/α,β-unsaturated/α-hetero) is 1. The van der Waals surface area contributed by atoms with Crippen LogP contribution < -0.4 is 14.8 Å². The first-order chi connectivity index (χ1) is 15.0. The molecule has 1 atom stereocenters. The molecule has 0 bridgehead atoms. The molecule has 1 aliphatic rings. The van der Waals surface area contributed by atoms with Crippen molar-refractivity contribution in [3.63, 3.8) is 0 Å². The SMILES string of the molecule is COc1ccc(C2C(=C([O-])c3ccc(C)cc3)C(=O)C(=O)N2Cc2ccc[nH+]c2)cc1. The first-order valence-electron chi connectivity index (χ1n) is 9.92. The van der Waals surface area contributed by atoms with Crippen LogP contribution in [0.25, 0.3) is 5.76 Å². The number of hydrogen-bond acceptors (Lipinski definition) is 4. The summed E-state index contributed by atoms with van der Waals surface area (Å²) in [7, 11) is 1.56. The standard InChI is InChI=1S/C25H22N2O4/c1-16-5-7-19(8-6-16)23(28)21-22(18-9-11-20(31-2)12-10-18)27(25(30)24(21)29)15-17-4-3-13-26-14-17/h3-14,22,28H,15H2,1-2H3. The number of benzene rings is 2. The minimum Gasteiger partial charge on any atom is -0.872 e. The van der Waals surface area contributed by atoms with E-state index in [4.69, 9.17) is 4.74 Å². The molecule has 0 radical (unpaired) electrons. The summed E-state index contributed by atoms with van der Waals surface area (Å²) in [5.74, 6) is -1.22. The lowest BCUT2D eigenvalue weighted by molar-refractivity contribution is -0.378. The summed E-state index contributed by atoms with van der Waals surface area (Å²) in [6, 6.07) is 17.0. The molecule has 1 aromatic heterocycles. The van der Waals surface area contributed by atoms with Gasteiger partial charge in [0.2, 0.25) is 5.78 Å². The molecule has 156 valence electrons. The molecule has 2 heterocycles. The molecule has 0 saturated carbocycles. The Bertz CT molecular complexity index is 1140. The Kier molecular flexibility index (Phi) is 5.54. The number of carbonyl (C=O) groups excluding carboxylic acids is 2. The molecule has 1 N–H and O–H groups in total. The van der Waals surface area contributed by atoms with Crippen molar-refractivity contribution in [1.82, 2.24) is 4.90 Å². The summed E-state index contributed by atoms with van der Waals surface area (Å²) < 4.78 is 5.23. The van der Waals surface area contributed by atoms with Crippen LogP contribution in [-0.2, 0) is 16.1 Å². The van der Waals surface area contributed by atoms with Gasteiger partial charge in [0.25, 0.3) is 5.91 Å². The largest absolute Gasteiger partial charge is 0.872 e. The van der Waals surface area contributed by atoms with Crippen LogP contribution in [0.15, 0.2) is 78.6 Å². The van der Waals surface area contributed by atoms with Crippen molar-refractivity contribution in [2.45, 2.75) is 19.5 Å². The molecule has 31 heavy (non-hydrogen) atoms. The molecule has 6 heteroatoms. The van der Waals surface area contributed by atoms with Crippen molar-refractivity contribution in [3.8, 4) is 5.75 Å². The average Bonchev–Trinajstić information content (AvgIpc) is 3.05. The molecule has 1 unspecified atom stereocenters. The van der Waals surface area contributed by atoms with Gasteiger partial charge in [-0.3, -0.25) is 9.59 Å². The maximum absolute atomic E-state index is 13.4. The molecular weight excluding hydrogens is 392 g/mol. The third-order valence-electron chi connectivity index (χ3n) is 5.40. The number of hydrogen-bond donors (Lipinski definition) is 0. The number of nitrogens with one attached hydrogen (secondary N) is 1. The van der Waals surface area contributed by atoms with Gasteiger partial charge in [-0.25, -0.2) is 4.98 Å². The summed E-state index contributed by atoms with van der Waals surface area (Å²) in [5.41, 5.74) is 2.86. The second kappa shape index (κ2) is 8.44. The molecule has 1 saturated heterocycles. The number of amides is 1. The van der Waals surface area contributed by atoms with Crippen molar-refractivity contribution in [1.29, 1.82) is 0 Å². The molecule has 4 rings (SSSR count). The number of carbonyl (C=O) groups is 2. The Morgan fingerprint density at radius 1 is 1.06 bits per heavy atom. The van der Waals surface area contributed by atoms with Crippen molar-refractivity contribution >= 4 is 17.4 Å². The number of ketones is 1. The predicted octanol–water partition coefficient (Wildman–Crippen LogP) is 2.24. The third-order valence-corrected chi connectivity index (χ3v) is 5.40. The fourth-order valence-corrected chi connectivity index (χ4v) is 3.75. The fraction of sp³-hybridized carbons (Fsp3) is 0.160. The first-order valence-corrected chi connectivity index (χ1v) is 9.92. The number of rotatable bonds is 5. The van der Waals surface area contributed by atoms with Gasteiger partial charge in [0.05, 0.1) is 19.7 Å². The first kappa shape index (κ1) is 20.3. The summed E-state index contributed by atoms with van der Waals surface area (Å²) in [6.45, 7) is 2.12. The zero-order valence-corrected chi connectivity index (χ0v) is 17.3. The van der Waals surface area contributed by atoms with Crippen molar-refractivity contribution < 1.29 is 24.4 Å². The fourth-order valence-electron chi connectivity index (χ4n) is 3.75. The van der Waals surface area contributed by atoms with E-state index in [1.54, 1.807) is 55.9 Å². The monoisotopic (exact) mass is 414 g/mol. The minimum atomic E-state index is -0.778. The normalized spacial score (nSPS) is 17.7. The van der Waals surface area contributed by atoms with Gasteiger partial charge < -0.3 is 14.7 Å². The van der Waals surface area contributed by atoms with Gasteiger partial charge in [-0.2, -0.15) is 0 Å². The summed E-state index contributed by atoms with van der Waals surface area (Å²) >= 11 is 0. The van der Waals surface area contributed by atoms with E-state index in [1.807, 2.05) is 31.2 Å². The van der Waals surface area contributed by atoms with Gasteiger partial charge in [0.15, 0.2) is 12.4 Å². The number of methoxy groups -OCH3 is 1. The predicted molar refractivity (Wildman–Crippen MR) is 112 cm³/mol. The highest BCUT2D eigenvalue weighted by Crippen LogP contribution is 2.39. The van der Waals surface area contributed by atoms with Crippen LogP contribution in [0.5, 0.6) is 5.75 Å². The molecule has 0 spiro atoms. The molecule has 2 aromatic carbocycles. The molecule has 1 amide bonds. The Balaban J connectivity index is 1.85. The van der Waals surface area contributed by atoms with E-state index in [1.165, 1.54) is 4.90 Å². The van der Waals surface area contributed by atoms with Gasteiger partial charge in [0.1, 0.15) is 5.75 Å². The van der Waals surface area contributed by atoms with Gasteiger partial charge in [0, 0.05) is 17.2 Å². The molecule has 1 fully saturated rings. The lowest BCUT2D eigenvalue weighted by Gasteiger charge is -2.27. The van der Waals surface area contributed by atoms with Crippen molar-refractivity contribution in [3.05, 3.63) is 101 Å². The maximum Gasteiger partial charge on any atom is 0.295 e. The zero-order valence-electron chi connectivity index (χ0n) is 17.3. The van der Waals surface area contributed by atoms with Crippen LogP contribution in [0, 0.1) is 6.92 Å². The lowest BCUT2D eigenvalue weighted by atomic mass is 9.95. The number of aryl methyl sites for hydroxylation is 1. The number of ether oxygens (including phenoxy) is 1. The van der Waals surface area contributed by atoms with E-state index in [9.17, 15) is 14.7 Å². The molecule has 6 nitrogen and oxygen atoms in total. The zero-order chi connectivity index (χ0) is 22.0. The number of aromatic nitrogens is 1. The van der Waals surface area contributed by atoms with E-state index in [-0.39, 0.29) is 12.1 Å². The van der Waals surface area contributed by atoms with Crippen LogP contribution in [-0.4, -0.2) is 23.7 Å². The highest BCUT2D eigenvalue weighted by Gasteiger charge is 2.44. The Hall–Kier alpha value is -3.93. The van der Waals surface area contributed by atoms with Crippen LogP contribution >= 0.6 is 0 Å². The van der Waals surface area contributed by atoms with E-state index in [0.717, 1.165) is 11.1 Å². The maximum atomic E-state index is 13.4. The number of pyridine rings is 1. The number of nitrogens with zero attached hydrogens (tertiary/aromatic N) is 1. The van der Waals surface area contributed by atoms with Gasteiger partial charge >= 0.3 is 0 Å². The van der Waals surface area contributed by atoms with Crippen LogP contribution in [0.3, 0.4) is 0 Å². The van der Waals surface area contributed by atoms with Gasteiger partial charge in [-0.15, -0.1) is 0 Å². The van der Waals surface area contributed by atoms with E-state index >= 15 is 0 Å². The van der Waals surface area contributed by atoms with E-state index in [2.05, 4.69) is 4.98 Å². The van der Waals surface area contributed by atoms with E-state index < -0.39 is 23.5 Å². The van der Waals surface area contributed by atoms with Crippen molar-refractivity contribution in [2.75, 3.05) is 7.11 Å². The van der Waals surface area contributed by atoms with Crippen LogP contribution in [0.2, 0.25) is 0 Å². The average molecular weight is 414 g/mol. The summed E-state index contributed by atoms with van der Waals surface area (Å²) in [4.78, 5) is 30.4. The Morgan fingerprint density at radius 3 is 2.39 bits per heavy atom. The number of aromatic amines is 1. The number of H-pyrrole nitrogens is 1. The molecular formula is C25H22N2O4. The lowest BCUT2D eigenvalue weighted by Crippen LogP contribution is -2.29. The molecule has 0 aliphatic carbocycles. The highest BCUT2D eigenvalue weighted by atomic mass is 16.5. The summed E-state index contributed by atoms with van der Waals surface area (Å²) in [5, 5.41) is 13.4. The van der Waals surface area contributed by atoms with Crippen LogP contribution in [0.4, 0.5) is 0 Å². The summed E-state index contributed by atoms with van der Waals surface area (Å²) in [6.07, 6.45) is 3.53. The Labute approximate surface area is 180 Å². The van der Waals surface area contributed by atoms with Gasteiger partial charge in [-0.1, -0.05) is 47.7 Å². The van der Waals surface area contributed by atoms with Crippen molar-refractivity contribution in [2.24, 2.45) is 0 Å².